The van der Waals surface area contributed by atoms with Gasteiger partial charge in [0.25, 0.3) is 20.2 Å². The van der Waals surface area contributed by atoms with Crippen molar-refractivity contribution in [2.24, 2.45) is 0 Å². The molecule has 22 heteroatoms. The highest BCUT2D eigenvalue weighted by atomic mass is 32.2. The van der Waals surface area contributed by atoms with Crippen LogP contribution in [0.5, 0.6) is 5.75 Å². The summed E-state index contributed by atoms with van der Waals surface area (Å²) in [5.41, 5.74) is 7.47. The lowest BCUT2D eigenvalue weighted by atomic mass is 9.81. The Hall–Kier alpha value is -7.14. The molecule has 0 bridgehead atoms. The maximum Gasteiger partial charge on any atom is 0.326 e. The van der Waals surface area contributed by atoms with E-state index in [0.29, 0.717) is 63.1 Å². The molecule has 0 aromatic heterocycles. The van der Waals surface area contributed by atoms with Gasteiger partial charge in [-0.1, -0.05) is 56.3 Å². The SMILES string of the molecule is CC1(C)C(/C=C/C2=C(Oc3ccc(S(=O)(=O)O)cc3)C(=C/C=C3/N(CCCCS(=O)(=O)O)c4ccccc4C3(C)C)/CCC2)=[N+](CCCCCC(=O)NCCCC[C@H](NC(=O)N[C@@H](CCC(=O)O)C(=O)O)C(=O)O)c2ccccc21. The fourth-order valence-corrected chi connectivity index (χ4v) is 11.5. The van der Waals surface area contributed by atoms with E-state index in [2.05, 4.69) is 102 Å². The summed E-state index contributed by atoms with van der Waals surface area (Å²) in [4.78, 5) is 61.2. The Bertz CT molecular complexity index is 3180. The molecule has 2 aliphatic heterocycles. The van der Waals surface area contributed by atoms with Crippen molar-refractivity contribution in [2.45, 2.75) is 145 Å². The fraction of sp³-hybridized carbons (Fsp3) is 0.448. The summed E-state index contributed by atoms with van der Waals surface area (Å²) in [5, 5.41) is 35.0. The number of carboxylic acids is 3. The third kappa shape index (κ3) is 16.7. The molecule has 0 saturated heterocycles. The van der Waals surface area contributed by atoms with E-state index in [-0.39, 0.29) is 48.8 Å². The highest BCUT2D eigenvalue weighted by molar-refractivity contribution is 7.86. The van der Waals surface area contributed by atoms with E-state index in [0.717, 1.165) is 64.3 Å². The second-order valence-electron chi connectivity index (χ2n) is 21.3. The van der Waals surface area contributed by atoms with Crippen LogP contribution >= 0.6 is 0 Å². The molecule has 0 radical (unpaired) electrons. The molecule has 2 atom stereocenters. The minimum absolute atomic E-state index is 0.0118. The Morgan fingerprint density at radius 1 is 0.713 bits per heavy atom. The Kier molecular flexibility index (Phi) is 21.2. The van der Waals surface area contributed by atoms with E-state index in [1.165, 1.54) is 24.3 Å². The van der Waals surface area contributed by atoms with Gasteiger partial charge in [-0.15, -0.1) is 0 Å². The van der Waals surface area contributed by atoms with E-state index in [1.54, 1.807) is 0 Å². The molecule has 3 aromatic carbocycles. The molecule has 0 unspecified atom stereocenters. The van der Waals surface area contributed by atoms with E-state index in [9.17, 15) is 60.1 Å². The molecule has 80 heavy (non-hydrogen) atoms. The minimum Gasteiger partial charge on any atom is -0.481 e. The molecule has 0 saturated carbocycles. The predicted octanol–water partition coefficient (Wildman–Crippen LogP) is 8.58. The van der Waals surface area contributed by atoms with E-state index in [1.807, 2.05) is 24.3 Å². The Labute approximate surface area is 467 Å². The van der Waals surface area contributed by atoms with Gasteiger partial charge in [-0.3, -0.25) is 18.7 Å². The number of nitrogens with zero attached hydrogens (tertiary/aromatic N) is 2. The van der Waals surface area contributed by atoms with Gasteiger partial charge in [-0.25, -0.2) is 14.4 Å². The van der Waals surface area contributed by atoms with Crippen molar-refractivity contribution in [3.63, 3.8) is 0 Å². The summed E-state index contributed by atoms with van der Waals surface area (Å²) in [6.07, 6.45) is 13.7. The average Bonchev–Trinajstić information content (AvgIpc) is 3.79. The number of nitrogens with one attached hydrogen (secondary N) is 3. The van der Waals surface area contributed by atoms with E-state index < -0.39 is 73.5 Å². The zero-order valence-corrected chi connectivity index (χ0v) is 47.3. The number of carbonyl (C=O) groups excluding carboxylic acids is 2. The fourth-order valence-electron chi connectivity index (χ4n) is 10.5. The molecule has 3 aliphatic rings. The van der Waals surface area contributed by atoms with Crippen molar-refractivity contribution in [3.05, 3.63) is 131 Å². The van der Waals surface area contributed by atoms with Gasteiger partial charge in [0, 0.05) is 66.9 Å². The maximum absolute atomic E-state index is 12.8. The first-order valence-electron chi connectivity index (χ1n) is 26.9. The van der Waals surface area contributed by atoms with Crippen LogP contribution in [-0.2, 0) is 50.2 Å². The number of urea groups is 1. The topological polar surface area (TPSA) is 306 Å². The molecule has 20 nitrogen and oxygen atoms in total. The first-order valence-corrected chi connectivity index (χ1v) is 30.0. The lowest BCUT2D eigenvalue weighted by Crippen LogP contribution is -2.51. The Balaban J connectivity index is 1.16. The highest BCUT2D eigenvalue weighted by Gasteiger charge is 2.44. The number of anilines is 1. The number of aliphatic carboxylic acids is 3. The van der Waals surface area contributed by atoms with Gasteiger partial charge in [0.1, 0.15) is 30.1 Å². The van der Waals surface area contributed by atoms with Crippen LogP contribution in [0.1, 0.15) is 129 Å². The molecule has 0 spiro atoms. The molecule has 8 N–H and O–H groups in total. The van der Waals surface area contributed by atoms with Gasteiger partial charge >= 0.3 is 23.9 Å². The first-order chi connectivity index (χ1) is 37.8. The second kappa shape index (κ2) is 27.3. The predicted molar refractivity (Wildman–Crippen MR) is 302 cm³/mol. The van der Waals surface area contributed by atoms with Crippen molar-refractivity contribution in [1.82, 2.24) is 16.0 Å². The number of hydrogen-bond acceptors (Lipinski definition) is 11. The largest absolute Gasteiger partial charge is 0.481 e. The number of unbranched alkanes of at least 4 members (excludes halogenated alkanes) is 4. The van der Waals surface area contributed by atoms with Crippen LogP contribution in [0.15, 0.2) is 125 Å². The molecule has 2 heterocycles. The van der Waals surface area contributed by atoms with Crippen molar-refractivity contribution >= 4 is 67.2 Å². The van der Waals surface area contributed by atoms with Gasteiger partial charge in [0.2, 0.25) is 11.6 Å². The molecule has 1 aliphatic carbocycles. The smallest absolute Gasteiger partial charge is 0.326 e. The van der Waals surface area contributed by atoms with Crippen LogP contribution in [0.25, 0.3) is 0 Å². The van der Waals surface area contributed by atoms with Crippen molar-refractivity contribution in [1.29, 1.82) is 0 Å². The van der Waals surface area contributed by atoms with Gasteiger partial charge in [-0.05, 0) is 144 Å². The van der Waals surface area contributed by atoms with Crippen LogP contribution in [0, 0.1) is 0 Å². The van der Waals surface area contributed by atoms with Crippen molar-refractivity contribution in [2.75, 3.05) is 30.3 Å². The quantitative estimate of drug-likeness (QED) is 0.0183. The summed E-state index contributed by atoms with van der Waals surface area (Å²) < 4.78 is 75.2. The van der Waals surface area contributed by atoms with E-state index in [4.69, 9.17) is 9.84 Å². The summed E-state index contributed by atoms with van der Waals surface area (Å²) in [7, 11) is -8.56. The number of para-hydroxylation sites is 2. The van der Waals surface area contributed by atoms with Gasteiger partial charge in [0.15, 0.2) is 5.71 Å². The van der Waals surface area contributed by atoms with Gasteiger partial charge in [0.05, 0.1) is 16.1 Å². The zero-order chi connectivity index (χ0) is 58.4. The number of rotatable bonds is 29. The molecule has 3 amide bonds. The summed E-state index contributed by atoms with van der Waals surface area (Å²) in [6.45, 7) is 10.1. The number of amides is 3. The minimum atomic E-state index is -4.45. The van der Waals surface area contributed by atoms with Gasteiger partial charge in [-0.2, -0.15) is 21.4 Å². The van der Waals surface area contributed by atoms with Gasteiger partial charge < -0.3 is 40.9 Å². The van der Waals surface area contributed by atoms with Crippen molar-refractivity contribution in [3.8, 4) is 5.75 Å². The summed E-state index contributed by atoms with van der Waals surface area (Å²) in [5.74, 6) is -3.52. The molecular weight excluding hydrogens is 1070 g/mol. The average molecular weight is 1150 g/mol. The number of ether oxygens (including phenoxy) is 1. The normalized spacial score (nSPS) is 17.6. The number of carboxylic acid groups (broad SMARTS) is 3. The van der Waals surface area contributed by atoms with Crippen LogP contribution < -0.4 is 25.6 Å². The molecular formula is C58H74N5O15S2+. The lowest BCUT2D eigenvalue weighted by molar-refractivity contribution is -0.438. The van der Waals surface area contributed by atoms with Crippen LogP contribution in [0.3, 0.4) is 0 Å². The van der Waals surface area contributed by atoms with Crippen LogP contribution in [0.2, 0.25) is 0 Å². The second-order valence-corrected chi connectivity index (χ2v) is 24.3. The standard InChI is InChI=1S/C58H73N5O15S2/c1-57(2)43-19-7-9-22-47(43)62(36-13-5-6-24-51(64)59-35-12-11-21-45(54(67)68)60-56(71)61-46(55(69)70)31-34-52(65)66)49(57)32-25-39-17-16-18-40(53(39)78-41-27-29-42(30-28-41)80(75,76)77)26-33-50-58(3,4)44-20-8-10-23-48(44)63(50)37-14-15-38-79(72,73)74/h7-10,19-20,22-23,25-30,32-33,45-46H,5-6,11-18,21,24,31,34-38H2,1-4H3,(H7-,59,60,61,64,65,66,67,68,69,70,71,72,73,74,75,76,77)/p+1/t45-,46-/m0/s1. The molecule has 0 fully saturated rings. The summed E-state index contributed by atoms with van der Waals surface area (Å²) >= 11 is 0. The van der Waals surface area contributed by atoms with Crippen LogP contribution in [-0.4, -0.2) is 119 Å². The number of hydrogen-bond donors (Lipinski definition) is 8. The maximum atomic E-state index is 12.8. The zero-order valence-electron chi connectivity index (χ0n) is 45.6. The lowest BCUT2D eigenvalue weighted by Gasteiger charge is -2.27. The Morgan fingerprint density at radius 2 is 1.38 bits per heavy atom. The number of carbonyl (C=O) groups is 5. The number of allylic oxidation sites excluding steroid dienone is 7. The monoisotopic (exact) mass is 1140 g/mol. The Morgan fingerprint density at radius 3 is 2.04 bits per heavy atom. The first kappa shape index (κ1) is 62.1. The molecule has 6 rings (SSSR count). The van der Waals surface area contributed by atoms with Crippen molar-refractivity contribution < 1.29 is 74.5 Å². The molecule has 3 aromatic rings. The molecule has 432 valence electrons. The van der Waals surface area contributed by atoms with Crippen LogP contribution in [0.4, 0.5) is 16.2 Å². The number of benzene rings is 3. The highest BCUT2D eigenvalue weighted by Crippen LogP contribution is 2.48. The number of fused-ring (bicyclic) bond motifs is 2. The third-order valence-corrected chi connectivity index (χ3v) is 16.4. The third-order valence-electron chi connectivity index (χ3n) is 14.7. The van der Waals surface area contributed by atoms with E-state index >= 15 is 0 Å². The summed E-state index contributed by atoms with van der Waals surface area (Å²) in [6, 6.07) is 18.1.